The van der Waals surface area contributed by atoms with Crippen LogP contribution in [0.3, 0.4) is 0 Å². The molecule has 1 atom stereocenters. The molecule has 19 heavy (non-hydrogen) atoms. The molecule has 104 valence electrons. The van der Waals surface area contributed by atoms with Crippen molar-refractivity contribution in [1.82, 2.24) is 5.32 Å². The highest BCUT2D eigenvalue weighted by atomic mass is 16.6. The maximum absolute atomic E-state index is 12.1. The fourth-order valence-corrected chi connectivity index (χ4v) is 1.66. The summed E-state index contributed by atoms with van der Waals surface area (Å²) in [4.78, 5) is 22.4. The number of nitro benzene ring substituents is 1. The van der Waals surface area contributed by atoms with Crippen LogP contribution < -0.4 is 5.32 Å². The first-order chi connectivity index (χ1) is 8.86. The predicted octanol–water partition coefficient (Wildman–Crippen LogP) is 1.65. The van der Waals surface area contributed by atoms with Crippen LogP contribution in [0.2, 0.25) is 0 Å². The van der Waals surface area contributed by atoms with Crippen molar-refractivity contribution in [3.63, 3.8) is 0 Å². The zero-order valence-electron chi connectivity index (χ0n) is 11.2. The lowest BCUT2D eigenvalue weighted by Gasteiger charge is -2.19. The van der Waals surface area contributed by atoms with Gasteiger partial charge in [-0.2, -0.15) is 0 Å². The molecule has 0 aliphatic heterocycles. The summed E-state index contributed by atoms with van der Waals surface area (Å²) >= 11 is 0. The molecule has 1 aromatic rings. The van der Waals surface area contributed by atoms with Crippen LogP contribution in [0.1, 0.15) is 29.8 Å². The van der Waals surface area contributed by atoms with Crippen LogP contribution in [0.25, 0.3) is 0 Å². The molecule has 1 aromatic carbocycles. The van der Waals surface area contributed by atoms with Crippen LogP contribution in [0.5, 0.6) is 0 Å². The Hall–Kier alpha value is -1.95. The third-order valence-corrected chi connectivity index (χ3v) is 2.91. The highest BCUT2D eigenvalue weighted by molar-refractivity contribution is 5.98. The van der Waals surface area contributed by atoms with Gasteiger partial charge in [0, 0.05) is 6.07 Å². The molecule has 0 spiro atoms. The van der Waals surface area contributed by atoms with E-state index in [1.54, 1.807) is 13.0 Å². The zero-order valence-corrected chi connectivity index (χ0v) is 11.2. The van der Waals surface area contributed by atoms with E-state index in [0.717, 1.165) is 5.56 Å². The van der Waals surface area contributed by atoms with Crippen molar-refractivity contribution in [2.24, 2.45) is 5.92 Å². The maximum atomic E-state index is 12.1. The van der Waals surface area contributed by atoms with Crippen LogP contribution in [0, 0.1) is 23.0 Å². The van der Waals surface area contributed by atoms with Gasteiger partial charge in [0.05, 0.1) is 17.6 Å². The monoisotopic (exact) mass is 266 g/mol. The average Bonchev–Trinajstić information content (AvgIpc) is 2.34. The molecular weight excluding hydrogens is 248 g/mol. The largest absolute Gasteiger partial charge is 0.394 e. The summed E-state index contributed by atoms with van der Waals surface area (Å²) in [6, 6.07) is 3.95. The molecule has 6 nitrogen and oxygen atoms in total. The van der Waals surface area contributed by atoms with Crippen molar-refractivity contribution in [2.75, 3.05) is 6.61 Å². The molecule has 1 rings (SSSR count). The number of rotatable bonds is 5. The molecule has 0 aliphatic carbocycles. The standard InChI is InChI=1S/C13H18N2O4/c1-8(2)11(7-16)14-13(17)10-6-9(3)4-5-12(10)15(18)19/h4-6,8,11,16H,7H2,1-3H3,(H,14,17)/t11-/m1/s1. The average molecular weight is 266 g/mol. The summed E-state index contributed by atoms with van der Waals surface area (Å²) in [5.41, 5.74) is 0.550. The highest BCUT2D eigenvalue weighted by Gasteiger charge is 2.23. The van der Waals surface area contributed by atoms with E-state index in [9.17, 15) is 20.0 Å². The summed E-state index contributed by atoms with van der Waals surface area (Å²) in [5, 5.41) is 22.7. The summed E-state index contributed by atoms with van der Waals surface area (Å²) in [7, 11) is 0. The second kappa shape index (κ2) is 6.29. The van der Waals surface area contributed by atoms with Crippen molar-refractivity contribution < 1.29 is 14.8 Å². The molecule has 1 amide bonds. The number of carbonyl (C=O) groups excluding carboxylic acids is 1. The SMILES string of the molecule is Cc1ccc([N+](=O)[O-])c(C(=O)N[C@H](CO)C(C)C)c1. The van der Waals surface area contributed by atoms with Gasteiger partial charge in [-0.1, -0.05) is 19.9 Å². The Morgan fingerprint density at radius 2 is 2.11 bits per heavy atom. The lowest BCUT2D eigenvalue weighted by atomic mass is 10.0. The minimum atomic E-state index is -0.586. The molecule has 0 aliphatic rings. The number of hydrogen-bond acceptors (Lipinski definition) is 4. The molecule has 0 heterocycles. The van der Waals surface area contributed by atoms with Gasteiger partial charge in [-0.05, 0) is 24.5 Å². The summed E-state index contributed by atoms with van der Waals surface area (Å²) in [5.74, 6) is -0.499. The van der Waals surface area contributed by atoms with Gasteiger partial charge >= 0.3 is 0 Å². The van der Waals surface area contributed by atoms with Gasteiger partial charge in [-0.15, -0.1) is 0 Å². The van der Waals surface area contributed by atoms with E-state index < -0.39 is 16.9 Å². The number of aliphatic hydroxyl groups excluding tert-OH is 1. The molecule has 2 N–H and O–H groups in total. The van der Waals surface area contributed by atoms with Crippen molar-refractivity contribution in [3.05, 3.63) is 39.4 Å². The number of hydrogen-bond donors (Lipinski definition) is 2. The Morgan fingerprint density at radius 3 is 2.58 bits per heavy atom. The highest BCUT2D eigenvalue weighted by Crippen LogP contribution is 2.20. The quantitative estimate of drug-likeness (QED) is 0.626. The number of aliphatic hydroxyl groups is 1. The van der Waals surface area contributed by atoms with Crippen molar-refractivity contribution in [1.29, 1.82) is 0 Å². The Kier molecular flexibility index (Phi) is 5.00. The van der Waals surface area contributed by atoms with Gasteiger partial charge in [0.15, 0.2) is 0 Å². The first-order valence-corrected chi connectivity index (χ1v) is 6.03. The van der Waals surface area contributed by atoms with E-state index >= 15 is 0 Å². The van der Waals surface area contributed by atoms with Crippen LogP contribution in [0.4, 0.5) is 5.69 Å². The van der Waals surface area contributed by atoms with Crippen LogP contribution in [-0.2, 0) is 0 Å². The second-order valence-corrected chi connectivity index (χ2v) is 4.78. The smallest absolute Gasteiger partial charge is 0.282 e. The van der Waals surface area contributed by atoms with E-state index in [4.69, 9.17) is 0 Å². The number of nitro groups is 1. The van der Waals surface area contributed by atoms with E-state index in [0.29, 0.717) is 0 Å². The van der Waals surface area contributed by atoms with E-state index in [2.05, 4.69) is 5.32 Å². The fourth-order valence-electron chi connectivity index (χ4n) is 1.66. The van der Waals surface area contributed by atoms with Gasteiger partial charge < -0.3 is 10.4 Å². The Bertz CT molecular complexity index is 486. The fraction of sp³-hybridized carbons (Fsp3) is 0.462. The van der Waals surface area contributed by atoms with Crippen LogP contribution >= 0.6 is 0 Å². The minimum absolute atomic E-state index is 0.0177. The van der Waals surface area contributed by atoms with Crippen molar-refractivity contribution >= 4 is 11.6 Å². The van der Waals surface area contributed by atoms with Crippen LogP contribution in [-0.4, -0.2) is 28.6 Å². The number of amides is 1. The van der Waals surface area contributed by atoms with E-state index in [1.807, 2.05) is 13.8 Å². The molecule has 6 heteroatoms. The normalized spacial score (nSPS) is 12.3. The topological polar surface area (TPSA) is 92.5 Å². The number of aryl methyl sites for hydroxylation is 1. The molecule has 0 radical (unpaired) electrons. The molecule has 0 fully saturated rings. The lowest BCUT2D eigenvalue weighted by molar-refractivity contribution is -0.385. The molecular formula is C13H18N2O4. The summed E-state index contributed by atoms with van der Waals surface area (Å²) in [6.07, 6.45) is 0. The minimum Gasteiger partial charge on any atom is -0.394 e. The first kappa shape index (κ1) is 15.1. The molecule has 0 bridgehead atoms. The van der Waals surface area contributed by atoms with Crippen molar-refractivity contribution in [3.8, 4) is 0 Å². The van der Waals surface area contributed by atoms with Gasteiger partial charge in [-0.3, -0.25) is 14.9 Å². The van der Waals surface area contributed by atoms with Crippen LogP contribution in [0.15, 0.2) is 18.2 Å². The molecule has 0 aromatic heterocycles. The Morgan fingerprint density at radius 1 is 1.47 bits per heavy atom. The first-order valence-electron chi connectivity index (χ1n) is 6.03. The van der Waals surface area contributed by atoms with Gasteiger partial charge in [0.2, 0.25) is 0 Å². The molecule has 0 saturated carbocycles. The van der Waals surface area contributed by atoms with Gasteiger partial charge in [0.25, 0.3) is 11.6 Å². The number of benzene rings is 1. The predicted molar refractivity (Wildman–Crippen MR) is 71.0 cm³/mol. The maximum Gasteiger partial charge on any atom is 0.282 e. The van der Waals surface area contributed by atoms with E-state index in [-0.39, 0.29) is 23.8 Å². The Balaban J connectivity index is 3.05. The number of carbonyl (C=O) groups is 1. The second-order valence-electron chi connectivity index (χ2n) is 4.78. The third-order valence-electron chi connectivity index (χ3n) is 2.91. The van der Waals surface area contributed by atoms with E-state index in [1.165, 1.54) is 12.1 Å². The number of nitrogens with zero attached hydrogens (tertiary/aromatic N) is 1. The molecule has 0 saturated heterocycles. The molecule has 0 unspecified atom stereocenters. The van der Waals surface area contributed by atoms with Gasteiger partial charge in [0.1, 0.15) is 5.56 Å². The van der Waals surface area contributed by atoms with Crippen molar-refractivity contribution in [2.45, 2.75) is 26.8 Å². The summed E-state index contributed by atoms with van der Waals surface area (Å²) in [6.45, 7) is 5.26. The number of nitrogens with one attached hydrogen (secondary N) is 1. The zero-order chi connectivity index (χ0) is 14.6. The third kappa shape index (κ3) is 3.75. The Labute approximate surface area is 111 Å². The van der Waals surface area contributed by atoms with Gasteiger partial charge in [-0.25, -0.2) is 0 Å². The lowest BCUT2D eigenvalue weighted by Crippen LogP contribution is -2.41. The summed E-state index contributed by atoms with van der Waals surface area (Å²) < 4.78 is 0.